The maximum absolute atomic E-state index is 9.89. The number of phenols is 1. The van der Waals surface area contributed by atoms with Crippen LogP contribution in [0.15, 0.2) is 72.8 Å². The summed E-state index contributed by atoms with van der Waals surface area (Å²) in [5.74, 6) is 2.05. The Labute approximate surface area is 172 Å². The Balaban J connectivity index is 1.60. The first-order valence-electron chi connectivity index (χ1n) is 10.0. The van der Waals surface area contributed by atoms with Gasteiger partial charge in [-0.3, -0.25) is 0 Å². The number of likely N-dealkylation sites (N-methyl/N-ethyl adjacent to an activating group) is 1. The number of phenolic OH excluding ortho intramolecular Hbond substituents is 1. The van der Waals surface area contributed by atoms with E-state index in [9.17, 15) is 5.11 Å². The van der Waals surface area contributed by atoms with Gasteiger partial charge < -0.3 is 19.5 Å². The fraction of sp³-hybridized carbons (Fsp3) is 0.280. The molecule has 0 amide bonds. The van der Waals surface area contributed by atoms with Crippen molar-refractivity contribution in [1.29, 1.82) is 0 Å². The molecule has 0 bridgehead atoms. The zero-order valence-corrected chi connectivity index (χ0v) is 16.9. The average Bonchev–Trinajstić information content (AvgIpc) is 2.74. The lowest BCUT2D eigenvalue weighted by molar-refractivity contribution is 0.151. The molecular formula is C25H27NO3. The largest absolute Gasteiger partial charge is 0.508 e. The molecule has 0 spiro atoms. The van der Waals surface area contributed by atoms with Gasteiger partial charge in [-0.05, 0) is 55.4 Å². The van der Waals surface area contributed by atoms with Crippen LogP contribution in [0.2, 0.25) is 0 Å². The molecule has 150 valence electrons. The van der Waals surface area contributed by atoms with Gasteiger partial charge in [0.05, 0.1) is 0 Å². The Morgan fingerprint density at radius 2 is 1.72 bits per heavy atom. The number of fused-ring (bicyclic) bond motifs is 1. The van der Waals surface area contributed by atoms with E-state index in [1.807, 2.05) is 38.4 Å². The average molecular weight is 389 g/mol. The highest BCUT2D eigenvalue weighted by Crippen LogP contribution is 2.45. The molecule has 0 fully saturated rings. The van der Waals surface area contributed by atoms with Gasteiger partial charge in [0.2, 0.25) is 0 Å². The zero-order valence-electron chi connectivity index (χ0n) is 16.9. The van der Waals surface area contributed by atoms with Crippen LogP contribution in [-0.4, -0.2) is 37.3 Å². The zero-order chi connectivity index (χ0) is 20.2. The van der Waals surface area contributed by atoms with Gasteiger partial charge in [-0.25, -0.2) is 0 Å². The summed E-state index contributed by atoms with van der Waals surface area (Å²) in [4.78, 5) is 2.10. The van der Waals surface area contributed by atoms with E-state index in [-0.39, 0.29) is 17.8 Å². The van der Waals surface area contributed by atoms with Gasteiger partial charge in [0.25, 0.3) is 0 Å². The molecule has 3 aromatic rings. The third-order valence-corrected chi connectivity index (χ3v) is 5.35. The molecule has 2 atom stereocenters. The third kappa shape index (κ3) is 4.54. The molecule has 3 aromatic carbocycles. The number of benzene rings is 3. The number of hydrogen-bond donors (Lipinski definition) is 1. The Morgan fingerprint density at radius 3 is 2.45 bits per heavy atom. The SMILES string of the molecule is CN(C)CCOc1ccc(C2Oc3cc(O)ccc3CC2c2ccccc2)cc1. The van der Waals surface area contributed by atoms with Crippen molar-refractivity contribution in [2.45, 2.75) is 18.4 Å². The molecule has 4 nitrogen and oxygen atoms in total. The maximum Gasteiger partial charge on any atom is 0.131 e. The summed E-state index contributed by atoms with van der Waals surface area (Å²) in [6.45, 7) is 1.54. The summed E-state index contributed by atoms with van der Waals surface area (Å²) in [5, 5.41) is 9.89. The molecule has 1 aliphatic rings. The second kappa shape index (κ2) is 8.58. The minimum absolute atomic E-state index is 0.123. The van der Waals surface area contributed by atoms with Gasteiger partial charge in [0, 0.05) is 18.5 Å². The molecule has 1 heterocycles. The van der Waals surface area contributed by atoms with Crippen LogP contribution in [0.25, 0.3) is 0 Å². The van der Waals surface area contributed by atoms with E-state index in [1.165, 1.54) is 5.56 Å². The van der Waals surface area contributed by atoms with Crippen LogP contribution in [0.4, 0.5) is 0 Å². The minimum Gasteiger partial charge on any atom is -0.508 e. The molecule has 29 heavy (non-hydrogen) atoms. The van der Waals surface area contributed by atoms with E-state index in [0.717, 1.165) is 35.6 Å². The predicted molar refractivity (Wildman–Crippen MR) is 115 cm³/mol. The number of ether oxygens (including phenoxy) is 2. The van der Waals surface area contributed by atoms with Crippen LogP contribution in [0, 0.1) is 0 Å². The first-order valence-corrected chi connectivity index (χ1v) is 10.0. The van der Waals surface area contributed by atoms with Crippen molar-refractivity contribution >= 4 is 0 Å². The summed E-state index contributed by atoms with van der Waals surface area (Å²) < 4.78 is 12.2. The Morgan fingerprint density at radius 1 is 0.966 bits per heavy atom. The van der Waals surface area contributed by atoms with Crippen molar-refractivity contribution in [2.24, 2.45) is 0 Å². The highest BCUT2D eigenvalue weighted by molar-refractivity contribution is 5.45. The van der Waals surface area contributed by atoms with Crippen molar-refractivity contribution in [1.82, 2.24) is 4.90 Å². The lowest BCUT2D eigenvalue weighted by atomic mass is 9.82. The first-order chi connectivity index (χ1) is 14.1. The third-order valence-electron chi connectivity index (χ3n) is 5.35. The molecule has 0 saturated carbocycles. The van der Waals surface area contributed by atoms with Crippen molar-refractivity contribution in [2.75, 3.05) is 27.2 Å². The van der Waals surface area contributed by atoms with Crippen LogP contribution < -0.4 is 9.47 Å². The Bertz CT molecular complexity index is 938. The summed E-state index contributed by atoms with van der Waals surface area (Å²) in [5.41, 5.74) is 3.48. The standard InChI is InChI=1S/C25H27NO3/c1-26(2)14-15-28-22-12-9-19(10-13-22)25-23(18-6-4-3-5-7-18)16-20-8-11-21(27)17-24(20)29-25/h3-13,17,23,25,27H,14-16H2,1-2H3. The summed E-state index contributed by atoms with van der Waals surface area (Å²) in [7, 11) is 4.07. The van der Waals surface area contributed by atoms with E-state index < -0.39 is 0 Å². The van der Waals surface area contributed by atoms with Crippen molar-refractivity contribution in [3.63, 3.8) is 0 Å². The summed E-state index contributed by atoms with van der Waals surface area (Å²) in [6.07, 6.45) is 0.744. The van der Waals surface area contributed by atoms with E-state index in [4.69, 9.17) is 9.47 Å². The fourth-order valence-corrected chi connectivity index (χ4v) is 3.78. The van der Waals surface area contributed by atoms with Crippen LogP contribution in [0.1, 0.15) is 28.7 Å². The van der Waals surface area contributed by atoms with Crippen LogP contribution >= 0.6 is 0 Å². The number of rotatable bonds is 6. The quantitative estimate of drug-likeness (QED) is 0.658. The molecule has 0 aromatic heterocycles. The minimum atomic E-state index is -0.123. The van der Waals surface area contributed by atoms with Gasteiger partial charge in [0.1, 0.15) is 30.0 Å². The van der Waals surface area contributed by atoms with Gasteiger partial charge in [-0.2, -0.15) is 0 Å². The molecule has 2 unspecified atom stereocenters. The van der Waals surface area contributed by atoms with Crippen LogP contribution in [0.5, 0.6) is 17.2 Å². The van der Waals surface area contributed by atoms with Crippen LogP contribution in [-0.2, 0) is 6.42 Å². The van der Waals surface area contributed by atoms with Crippen molar-refractivity contribution in [3.05, 3.63) is 89.5 Å². The predicted octanol–water partition coefficient (Wildman–Crippen LogP) is 4.79. The second-order valence-corrected chi connectivity index (χ2v) is 7.77. The van der Waals surface area contributed by atoms with E-state index in [2.05, 4.69) is 41.3 Å². The fourth-order valence-electron chi connectivity index (χ4n) is 3.78. The molecule has 0 radical (unpaired) electrons. The molecule has 1 N–H and O–H groups in total. The number of hydrogen-bond acceptors (Lipinski definition) is 4. The monoisotopic (exact) mass is 389 g/mol. The first kappa shape index (κ1) is 19.3. The van der Waals surface area contributed by atoms with Crippen LogP contribution in [0.3, 0.4) is 0 Å². The highest BCUT2D eigenvalue weighted by Gasteiger charge is 2.32. The normalized spacial score (nSPS) is 18.2. The van der Waals surface area contributed by atoms with Crippen molar-refractivity contribution < 1.29 is 14.6 Å². The Hall–Kier alpha value is -2.98. The molecule has 4 rings (SSSR count). The molecule has 1 aliphatic heterocycles. The maximum atomic E-state index is 9.89. The van der Waals surface area contributed by atoms with Gasteiger partial charge in [0.15, 0.2) is 0 Å². The smallest absolute Gasteiger partial charge is 0.131 e. The number of nitrogens with zero attached hydrogens (tertiary/aromatic N) is 1. The molecule has 0 saturated heterocycles. The van der Waals surface area contributed by atoms with Crippen molar-refractivity contribution in [3.8, 4) is 17.2 Å². The van der Waals surface area contributed by atoms with E-state index in [1.54, 1.807) is 12.1 Å². The van der Waals surface area contributed by atoms with Gasteiger partial charge >= 0.3 is 0 Å². The molecule has 4 heteroatoms. The Kier molecular flexibility index (Phi) is 5.72. The number of aromatic hydroxyl groups is 1. The highest BCUT2D eigenvalue weighted by atomic mass is 16.5. The van der Waals surface area contributed by atoms with E-state index >= 15 is 0 Å². The summed E-state index contributed by atoms with van der Waals surface area (Å²) >= 11 is 0. The molecular weight excluding hydrogens is 362 g/mol. The topological polar surface area (TPSA) is 41.9 Å². The molecule has 0 aliphatic carbocycles. The second-order valence-electron chi connectivity index (χ2n) is 7.77. The lowest BCUT2D eigenvalue weighted by Gasteiger charge is -2.34. The lowest BCUT2D eigenvalue weighted by Crippen LogP contribution is -2.24. The summed E-state index contributed by atoms with van der Waals surface area (Å²) in [6, 6.07) is 24.1. The van der Waals surface area contributed by atoms with Gasteiger partial charge in [-0.1, -0.05) is 48.5 Å². The van der Waals surface area contributed by atoms with E-state index in [0.29, 0.717) is 6.61 Å². The van der Waals surface area contributed by atoms with Gasteiger partial charge in [-0.15, -0.1) is 0 Å².